The number of hydrogen-bond acceptors (Lipinski definition) is 3. The molecular weight excluding hydrogens is 400 g/mol. The van der Waals surface area contributed by atoms with Crippen LogP contribution in [0.3, 0.4) is 0 Å². The number of amides is 2. The van der Waals surface area contributed by atoms with E-state index in [1.807, 2.05) is 30.3 Å². The minimum Gasteiger partial charge on any atom is -0.389 e. The number of aliphatic hydroxyl groups excluding tert-OH is 1. The predicted molar refractivity (Wildman–Crippen MR) is 131 cm³/mol. The van der Waals surface area contributed by atoms with Crippen molar-refractivity contribution in [3.63, 3.8) is 0 Å². The zero-order valence-corrected chi connectivity index (χ0v) is 20.4. The van der Waals surface area contributed by atoms with Gasteiger partial charge in [0.15, 0.2) is 0 Å². The Labute approximate surface area is 192 Å². The summed E-state index contributed by atoms with van der Waals surface area (Å²) in [5.41, 5.74) is 9.14. The molecule has 3 atom stereocenters. The summed E-state index contributed by atoms with van der Waals surface area (Å²) in [7, 11) is 0. The average Bonchev–Trinajstić information content (AvgIpc) is 3.08. The van der Waals surface area contributed by atoms with Gasteiger partial charge in [-0.05, 0) is 88.7 Å². The Morgan fingerprint density at radius 3 is 2.62 bits per heavy atom. The van der Waals surface area contributed by atoms with Gasteiger partial charge in [0.2, 0.25) is 0 Å². The molecule has 2 N–H and O–H groups in total. The van der Waals surface area contributed by atoms with E-state index in [-0.39, 0.29) is 6.03 Å². The molecule has 0 saturated carbocycles. The van der Waals surface area contributed by atoms with Crippen LogP contribution in [0, 0.1) is 0 Å². The van der Waals surface area contributed by atoms with Crippen molar-refractivity contribution in [1.82, 2.24) is 14.5 Å². The van der Waals surface area contributed by atoms with Gasteiger partial charge in [0, 0.05) is 36.1 Å². The second-order valence-electron chi connectivity index (χ2n) is 9.44. The number of nitrogens with one attached hydrogen (secondary N) is 1. The molecule has 2 amide bonds. The Morgan fingerprint density at radius 2 is 2.00 bits per heavy atom. The number of benzene rings is 1. The van der Waals surface area contributed by atoms with Crippen LogP contribution in [0.25, 0.3) is 10.9 Å². The first-order chi connectivity index (χ1) is 15.4. The maximum Gasteiger partial charge on any atom is 0.336 e. The van der Waals surface area contributed by atoms with Crippen LogP contribution in [0.4, 0.5) is 4.79 Å². The molecule has 0 radical (unpaired) electrons. The highest BCUT2D eigenvalue weighted by molar-refractivity contribution is 5.94. The Morgan fingerprint density at radius 1 is 1.25 bits per heavy atom. The normalized spacial score (nSPS) is 21.4. The van der Waals surface area contributed by atoms with Gasteiger partial charge in [0.1, 0.15) is 0 Å². The lowest BCUT2D eigenvalue weighted by Gasteiger charge is -2.44. The minimum atomic E-state index is -0.540. The minimum absolute atomic E-state index is 0.0681. The standard InChI is InChI=1S/C26H40N4O2/c1-6-12-29-13-10-11-19-20-14-18(17(5)31)15-24-25(20)21(16-23(19)29)22(7-2)30(24)27-26(32)28(8-3)9-4/h14-15,17,19,23,31H,6-13,16H2,1-5H3,(H,27,32)/t17?,19-,23-/m1/s1. The maximum atomic E-state index is 13.0. The van der Waals surface area contributed by atoms with Gasteiger partial charge >= 0.3 is 6.03 Å². The number of piperidine rings is 1. The van der Waals surface area contributed by atoms with Gasteiger partial charge in [-0.2, -0.15) is 0 Å². The summed E-state index contributed by atoms with van der Waals surface area (Å²) in [6.45, 7) is 14.0. The first kappa shape index (κ1) is 23.1. The third-order valence-corrected chi connectivity index (χ3v) is 7.62. The summed E-state index contributed by atoms with van der Waals surface area (Å²) in [6.07, 6.45) is 4.94. The van der Waals surface area contributed by atoms with Crippen LogP contribution >= 0.6 is 0 Å². The largest absolute Gasteiger partial charge is 0.389 e. The van der Waals surface area contributed by atoms with E-state index in [4.69, 9.17) is 0 Å². The summed E-state index contributed by atoms with van der Waals surface area (Å²) < 4.78 is 2.03. The molecule has 176 valence electrons. The van der Waals surface area contributed by atoms with Gasteiger partial charge in [0.25, 0.3) is 0 Å². The van der Waals surface area contributed by atoms with E-state index in [0.29, 0.717) is 25.0 Å². The second-order valence-corrected chi connectivity index (χ2v) is 9.44. The topological polar surface area (TPSA) is 60.7 Å². The first-order valence-corrected chi connectivity index (χ1v) is 12.6. The van der Waals surface area contributed by atoms with Crippen molar-refractivity contribution < 1.29 is 9.90 Å². The van der Waals surface area contributed by atoms with Crippen LogP contribution in [0.5, 0.6) is 0 Å². The fourth-order valence-corrected chi connectivity index (χ4v) is 6.07. The summed E-state index contributed by atoms with van der Waals surface area (Å²) >= 11 is 0. The summed E-state index contributed by atoms with van der Waals surface area (Å²) in [5, 5.41) is 11.8. The van der Waals surface area contributed by atoms with E-state index in [1.165, 1.54) is 48.0 Å². The molecule has 1 aromatic carbocycles. The Hall–Kier alpha value is -2.05. The molecule has 4 rings (SSSR count). The second kappa shape index (κ2) is 9.44. The molecule has 2 aromatic rings. The predicted octanol–water partition coefficient (Wildman–Crippen LogP) is 4.78. The van der Waals surface area contributed by atoms with Crippen molar-refractivity contribution in [2.24, 2.45) is 0 Å². The lowest BCUT2D eigenvalue weighted by atomic mass is 9.73. The molecule has 2 heterocycles. The van der Waals surface area contributed by atoms with E-state index in [0.717, 1.165) is 30.5 Å². The van der Waals surface area contributed by atoms with Crippen LogP contribution in [0.1, 0.15) is 88.3 Å². The lowest BCUT2D eigenvalue weighted by molar-refractivity contribution is 0.124. The number of aromatic nitrogens is 1. The number of carbonyl (C=O) groups excluding carboxylic acids is 1. The first-order valence-electron chi connectivity index (χ1n) is 12.6. The number of aliphatic hydroxyl groups is 1. The van der Waals surface area contributed by atoms with E-state index in [2.05, 4.69) is 36.3 Å². The maximum absolute atomic E-state index is 13.0. The molecule has 1 aliphatic heterocycles. The molecule has 1 aliphatic carbocycles. The number of rotatable bonds is 7. The Bertz CT molecular complexity index is 974. The highest BCUT2D eigenvalue weighted by Crippen LogP contribution is 2.46. The van der Waals surface area contributed by atoms with E-state index in [1.54, 1.807) is 0 Å². The number of nitrogens with zero attached hydrogens (tertiary/aromatic N) is 3. The molecule has 1 unspecified atom stereocenters. The molecule has 32 heavy (non-hydrogen) atoms. The van der Waals surface area contributed by atoms with Crippen molar-refractivity contribution in [2.45, 2.75) is 84.8 Å². The average molecular weight is 441 g/mol. The van der Waals surface area contributed by atoms with Crippen molar-refractivity contribution in [1.29, 1.82) is 0 Å². The summed E-state index contributed by atoms with van der Waals surface area (Å²) in [4.78, 5) is 17.5. The van der Waals surface area contributed by atoms with Crippen LogP contribution in [-0.4, -0.2) is 57.8 Å². The molecule has 6 heteroatoms. The highest BCUT2D eigenvalue weighted by Gasteiger charge is 2.39. The smallest absolute Gasteiger partial charge is 0.336 e. The van der Waals surface area contributed by atoms with Gasteiger partial charge in [-0.25, -0.2) is 10.2 Å². The molecular formula is C26H40N4O2. The van der Waals surface area contributed by atoms with Gasteiger partial charge in [0.05, 0.1) is 11.6 Å². The molecule has 2 aliphatic rings. The van der Waals surface area contributed by atoms with Crippen LogP contribution < -0.4 is 5.43 Å². The van der Waals surface area contributed by atoms with Crippen molar-refractivity contribution in [3.8, 4) is 0 Å². The fourth-order valence-electron chi connectivity index (χ4n) is 6.07. The Balaban J connectivity index is 1.90. The zero-order chi connectivity index (χ0) is 23.0. The van der Waals surface area contributed by atoms with Crippen molar-refractivity contribution in [3.05, 3.63) is 34.5 Å². The van der Waals surface area contributed by atoms with Crippen molar-refractivity contribution in [2.75, 3.05) is 31.6 Å². The number of carbonyl (C=O) groups is 1. The monoisotopic (exact) mass is 440 g/mol. The lowest BCUT2D eigenvalue weighted by Crippen LogP contribution is -2.47. The number of hydrogen-bond donors (Lipinski definition) is 2. The SMILES string of the molecule is CCCN1CCC[C@@H]2c3cc(C(C)O)cc4c3c(c(CC)n4NC(=O)N(CC)CC)C[C@H]21. The van der Waals surface area contributed by atoms with Gasteiger partial charge < -0.3 is 10.0 Å². The number of likely N-dealkylation sites (tertiary alicyclic amines) is 1. The van der Waals surface area contributed by atoms with Gasteiger partial charge in [-0.3, -0.25) is 9.58 Å². The van der Waals surface area contributed by atoms with E-state index >= 15 is 0 Å². The molecule has 1 saturated heterocycles. The molecule has 1 fully saturated rings. The fraction of sp³-hybridized carbons (Fsp3) is 0.654. The molecule has 0 bridgehead atoms. The molecule has 6 nitrogen and oxygen atoms in total. The van der Waals surface area contributed by atoms with Gasteiger partial charge in [-0.1, -0.05) is 19.9 Å². The summed E-state index contributed by atoms with van der Waals surface area (Å²) in [6, 6.07) is 4.77. The van der Waals surface area contributed by atoms with Crippen LogP contribution in [0.15, 0.2) is 12.1 Å². The van der Waals surface area contributed by atoms with Crippen LogP contribution in [0.2, 0.25) is 0 Å². The molecule has 1 aromatic heterocycles. The van der Waals surface area contributed by atoms with Gasteiger partial charge in [-0.15, -0.1) is 0 Å². The number of urea groups is 1. The third-order valence-electron chi connectivity index (χ3n) is 7.62. The number of fused-ring (bicyclic) bond motifs is 2. The highest BCUT2D eigenvalue weighted by atomic mass is 16.3. The van der Waals surface area contributed by atoms with E-state index in [9.17, 15) is 9.90 Å². The van der Waals surface area contributed by atoms with E-state index < -0.39 is 6.10 Å². The summed E-state index contributed by atoms with van der Waals surface area (Å²) in [5.74, 6) is 0.489. The Kier molecular flexibility index (Phi) is 6.82. The third kappa shape index (κ3) is 3.81. The quantitative estimate of drug-likeness (QED) is 0.652. The van der Waals surface area contributed by atoms with Crippen molar-refractivity contribution >= 4 is 16.9 Å². The van der Waals surface area contributed by atoms with Crippen LogP contribution in [-0.2, 0) is 12.8 Å². The zero-order valence-electron chi connectivity index (χ0n) is 20.4. The molecule has 0 spiro atoms.